The summed E-state index contributed by atoms with van der Waals surface area (Å²) in [4.78, 5) is 0. The van der Waals surface area contributed by atoms with Crippen LogP contribution in [0.1, 0.15) is 18.9 Å². The largest absolute Gasteiger partial charge is 0.491 e. The van der Waals surface area contributed by atoms with Crippen molar-refractivity contribution in [3.05, 3.63) is 29.8 Å². The first-order valence-electron chi connectivity index (χ1n) is 6.75. The Hall–Kier alpha value is -0.710. The van der Waals surface area contributed by atoms with Crippen molar-refractivity contribution in [1.82, 2.24) is 5.32 Å². The van der Waals surface area contributed by atoms with Crippen LogP contribution in [0.3, 0.4) is 0 Å². The minimum absolute atomic E-state index is 0.326. The predicted molar refractivity (Wildman–Crippen MR) is 83.1 cm³/mol. The third kappa shape index (κ3) is 6.85. The Kier molecular flexibility index (Phi) is 7.94. The first kappa shape index (κ1) is 16.3. The van der Waals surface area contributed by atoms with E-state index in [9.17, 15) is 5.11 Å². The van der Waals surface area contributed by atoms with E-state index in [0.29, 0.717) is 19.2 Å². The second kappa shape index (κ2) is 9.23. The molecule has 0 amide bonds. The summed E-state index contributed by atoms with van der Waals surface area (Å²) < 4.78 is 5.58. The van der Waals surface area contributed by atoms with Gasteiger partial charge in [-0.3, -0.25) is 0 Å². The summed E-state index contributed by atoms with van der Waals surface area (Å²) in [6.07, 6.45) is 2.70. The average molecular weight is 283 g/mol. The predicted octanol–water partition coefficient (Wildman–Crippen LogP) is 2.47. The third-order valence-electron chi connectivity index (χ3n) is 2.93. The van der Waals surface area contributed by atoms with E-state index >= 15 is 0 Å². The van der Waals surface area contributed by atoms with Crippen molar-refractivity contribution in [1.29, 1.82) is 0 Å². The summed E-state index contributed by atoms with van der Waals surface area (Å²) in [7, 11) is 0. The lowest BCUT2D eigenvalue weighted by atomic mass is 10.2. The zero-order valence-corrected chi connectivity index (χ0v) is 12.9. The number of aliphatic hydroxyl groups excluding tert-OH is 1. The van der Waals surface area contributed by atoms with E-state index in [4.69, 9.17) is 4.74 Å². The molecular weight excluding hydrogens is 258 g/mol. The van der Waals surface area contributed by atoms with Crippen molar-refractivity contribution in [3.63, 3.8) is 0 Å². The van der Waals surface area contributed by atoms with Gasteiger partial charge in [-0.25, -0.2) is 0 Å². The van der Waals surface area contributed by atoms with Crippen LogP contribution in [0.15, 0.2) is 24.3 Å². The average Bonchev–Trinajstić information content (AvgIpc) is 2.41. The number of benzene rings is 1. The molecule has 2 atom stereocenters. The molecule has 0 aliphatic rings. The number of aliphatic hydroxyl groups is 1. The fraction of sp³-hybridized carbons (Fsp3) is 0.600. The molecule has 0 spiro atoms. The van der Waals surface area contributed by atoms with Gasteiger partial charge in [0.2, 0.25) is 0 Å². The molecule has 4 heteroatoms. The third-order valence-corrected chi connectivity index (χ3v) is 3.67. The highest BCUT2D eigenvalue weighted by Gasteiger charge is 2.09. The van der Waals surface area contributed by atoms with E-state index in [1.807, 2.05) is 43.0 Å². The molecule has 0 saturated carbocycles. The SMILES string of the molecule is CCC(CSC)NCC(O)COc1cccc(C)c1. The number of ether oxygens (including phenoxy) is 1. The Morgan fingerprint density at radius 3 is 2.84 bits per heavy atom. The van der Waals surface area contributed by atoms with Gasteiger partial charge in [0.25, 0.3) is 0 Å². The molecule has 0 heterocycles. The van der Waals surface area contributed by atoms with Crippen LogP contribution in [0.5, 0.6) is 5.75 Å². The van der Waals surface area contributed by atoms with Crippen LogP contribution >= 0.6 is 11.8 Å². The second-order valence-corrected chi connectivity index (χ2v) is 5.66. The van der Waals surface area contributed by atoms with Crippen molar-refractivity contribution < 1.29 is 9.84 Å². The van der Waals surface area contributed by atoms with Crippen LogP contribution in [0.25, 0.3) is 0 Å². The maximum Gasteiger partial charge on any atom is 0.119 e. The highest BCUT2D eigenvalue weighted by molar-refractivity contribution is 7.98. The number of hydrogen-bond acceptors (Lipinski definition) is 4. The van der Waals surface area contributed by atoms with Crippen LogP contribution in [0.2, 0.25) is 0 Å². The van der Waals surface area contributed by atoms with E-state index in [0.717, 1.165) is 23.5 Å². The van der Waals surface area contributed by atoms with Gasteiger partial charge in [-0.2, -0.15) is 11.8 Å². The molecule has 0 bridgehead atoms. The minimum Gasteiger partial charge on any atom is -0.491 e. The van der Waals surface area contributed by atoms with Crippen molar-refractivity contribution in [2.75, 3.05) is 25.2 Å². The van der Waals surface area contributed by atoms with Crippen LogP contribution in [-0.2, 0) is 0 Å². The van der Waals surface area contributed by atoms with Crippen molar-refractivity contribution in [3.8, 4) is 5.75 Å². The molecule has 0 aromatic heterocycles. The molecule has 0 fully saturated rings. The van der Waals surface area contributed by atoms with E-state index < -0.39 is 6.10 Å². The van der Waals surface area contributed by atoms with Crippen LogP contribution in [0.4, 0.5) is 0 Å². The Morgan fingerprint density at radius 2 is 2.21 bits per heavy atom. The topological polar surface area (TPSA) is 41.5 Å². The van der Waals surface area contributed by atoms with Gasteiger partial charge >= 0.3 is 0 Å². The maximum absolute atomic E-state index is 9.90. The lowest BCUT2D eigenvalue weighted by Crippen LogP contribution is -2.39. The number of thioether (sulfide) groups is 1. The minimum atomic E-state index is -0.476. The molecule has 19 heavy (non-hydrogen) atoms. The number of nitrogens with one attached hydrogen (secondary N) is 1. The quantitative estimate of drug-likeness (QED) is 0.730. The van der Waals surface area contributed by atoms with Gasteiger partial charge in [-0.15, -0.1) is 0 Å². The van der Waals surface area contributed by atoms with Gasteiger partial charge in [0.05, 0.1) is 0 Å². The summed E-state index contributed by atoms with van der Waals surface area (Å²) in [6.45, 7) is 5.08. The summed E-state index contributed by atoms with van der Waals surface area (Å²) in [5, 5.41) is 13.3. The molecule has 0 aliphatic heterocycles. The van der Waals surface area contributed by atoms with E-state index in [2.05, 4.69) is 18.5 Å². The Labute approximate surface area is 120 Å². The van der Waals surface area contributed by atoms with Crippen molar-refractivity contribution in [2.24, 2.45) is 0 Å². The van der Waals surface area contributed by atoms with Gasteiger partial charge in [0, 0.05) is 18.3 Å². The van der Waals surface area contributed by atoms with E-state index in [1.165, 1.54) is 0 Å². The fourth-order valence-corrected chi connectivity index (χ4v) is 2.54. The first-order chi connectivity index (χ1) is 9.15. The normalized spacial score (nSPS) is 14.1. The molecule has 0 saturated heterocycles. The lowest BCUT2D eigenvalue weighted by molar-refractivity contribution is 0.104. The number of hydrogen-bond donors (Lipinski definition) is 2. The smallest absolute Gasteiger partial charge is 0.119 e. The zero-order chi connectivity index (χ0) is 14.1. The highest BCUT2D eigenvalue weighted by Crippen LogP contribution is 2.12. The van der Waals surface area contributed by atoms with Crippen LogP contribution in [0, 0.1) is 6.92 Å². The molecule has 1 aromatic carbocycles. The van der Waals surface area contributed by atoms with E-state index in [1.54, 1.807) is 0 Å². The first-order valence-corrected chi connectivity index (χ1v) is 8.15. The molecule has 108 valence electrons. The summed E-state index contributed by atoms with van der Waals surface area (Å²) in [6, 6.07) is 8.34. The second-order valence-electron chi connectivity index (χ2n) is 4.75. The Bertz CT molecular complexity index is 360. The van der Waals surface area contributed by atoms with Gasteiger partial charge in [-0.05, 0) is 37.3 Å². The monoisotopic (exact) mass is 283 g/mol. The number of rotatable bonds is 9. The molecule has 3 nitrogen and oxygen atoms in total. The van der Waals surface area contributed by atoms with Gasteiger partial charge < -0.3 is 15.2 Å². The molecule has 0 radical (unpaired) electrons. The van der Waals surface area contributed by atoms with E-state index in [-0.39, 0.29) is 0 Å². The molecule has 1 rings (SSSR count). The highest BCUT2D eigenvalue weighted by atomic mass is 32.2. The van der Waals surface area contributed by atoms with Crippen LogP contribution in [-0.4, -0.2) is 42.4 Å². The van der Waals surface area contributed by atoms with Crippen LogP contribution < -0.4 is 10.1 Å². The Balaban J connectivity index is 2.25. The fourth-order valence-electron chi connectivity index (χ4n) is 1.78. The molecule has 0 aliphatic carbocycles. The molecule has 2 unspecified atom stereocenters. The van der Waals surface area contributed by atoms with Gasteiger partial charge in [0.15, 0.2) is 0 Å². The molecule has 1 aromatic rings. The number of aryl methyl sites for hydroxylation is 1. The van der Waals surface area contributed by atoms with Crippen molar-refractivity contribution in [2.45, 2.75) is 32.4 Å². The standard InChI is InChI=1S/C15H25NO2S/c1-4-13(11-19-3)16-9-14(17)10-18-15-7-5-6-12(2)8-15/h5-8,13-14,16-17H,4,9-11H2,1-3H3. The summed E-state index contributed by atoms with van der Waals surface area (Å²) in [5.41, 5.74) is 1.16. The maximum atomic E-state index is 9.90. The summed E-state index contributed by atoms with van der Waals surface area (Å²) in [5.74, 6) is 1.89. The van der Waals surface area contributed by atoms with Crippen molar-refractivity contribution >= 4 is 11.8 Å². The molecular formula is C15H25NO2S. The van der Waals surface area contributed by atoms with Gasteiger partial charge in [-0.1, -0.05) is 19.1 Å². The molecule has 2 N–H and O–H groups in total. The van der Waals surface area contributed by atoms with Gasteiger partial charge in [0.1, 0.15) is 18.5 Å². The summed E-state index contributed by atoms with van der Waals surface area (Å²) >= 11 is 1.82. The Morgan fingerprint density at radius 1 is 1.42 bits per heavy atom. The lowest BCUT2D eigenvalue weighted by Gasteiger charge is -2.19. The zero-order valence-electron chi connectivity index (χ0n) is 12.1.